The van der Waals surface area contributed by atoms with Gasteiger partial charge in [-0.15, -0.1) is 0 Å². The smallest absolute Gasteiger partial charge is 0.347 e. The van der Waals surface area contributed by atoms with Gasteiger partial charge in [0.05, 0.1) is 6.61 Å². The predicted octanol–water partition coefficient (Wildman–Crippen LogP) is 2.30. The van der Waals surface area contributed by atoms with E-state index in [1.165, 1.54) is 6.92 Å². The number of esters is 1. The molecule has 16 heavy (non-hydrogen) atoms. The first-order valence-electron chi connectivity index (χ1n) is 4.83. The van der Waals surface area contributed by atoms with Gasteiger partial charge in [-0.25, -0.2) is 13.6 Å². The van der Waals surface area contributed by atoms with Crippen LogP contribution in [0.3, 0.4) is 0 Å². The molecular weight excluding hydrogens is 218 g/mol. The van der Waals surface area contributed by atoms with E-state index in [-0.39, 0.29) is 12.4 Å². The molecule has 0 aliphatic heterocycles. The van der Waals surface area contributed by atoms with Gasteiger partial charge in [-0.2, -0.15) is 0 Å². The van der Waals surface area contributed by atoms with Crippen molar-refractivity contribution in [2.24, 2.45) is 0 Å². The van der Waals surface area contributed by atoms with Crippen molar-refractivity contribution < 1.29 is 23.0 Å². The van der Waals surface area contributed by atoms with Gasteiger partial charge in [0.2, 0.25) is 0 Å². The number of halogens is 2. The van der Waals surface area contributed by atoms with Crippen LogP contribution in [0.1, 0.15) is 13.8 Å². The highest BCUT2D eigenvalue weighted by molar-refractivity contribution is 5.74. The van der Waals surface area contributed by atoms with Gasteiger partial charge < -0.3 is 9.47 Å². The fraction of sp³-hybridized carbons (Fsp3) is 0.364. The lowest BCUT2D eigenvalue weighted by Crippen LogP contribution is -2.26. The average Bonchev–Trinajstić information content (AvgIpc) is 2.22. The Labute approximate surface area is 92.0 Å². The molecule has 0 N–H and O–H groups in total. The van der Waals surface area contributed by atoms with Crippen molar-refractivity contribution in [3.05, 3.63) is 29.8 Å². The van der Waals surface area contributed by atoms with Gasteiger partial charge in [-0.05, 0) is 26.0 Å². The average molecular weight is 230 g/mol. The normalized spacial score (nSPS) is 12.0. The van der Waals surface area contributed by atoms with E-state index in [2.05, 4.69) is 4.74 Å². The summed E-state index contributed by atoms with van der Waals surface area (Å²) >= 11 is 0. The zero-order valence-corrected chi connectivity index (χ0v) is 9.00. The molecular formula is C11H12F2O3. The first-order chi connectivity index (χ1) is 7.54. The third-order valence-corrected chi connectivity index (χ3v) is 1.82. The highest BCUT2D eigenvalue weighted by Gasteiger charge is 2.17. The van der Waals surface area contributed by atoms with Crippen LogP contribution in [0.2, 0.25) is 0 Å². The van der Waals surface area contributed by atoms with Crippen molar-refractivity contribution in [2.45, 2.75) is 20.0 Å². The minimum absolute atomic E-state index is 0.179. The summed E-state index contributed by atoms with van der Waals surface area (Å²) in [6.45, 7) is 3.31. The van der Waals surface area contributed by atoms with Crippen LogP contribution in [0, 0.1) is 11.6 Å². The Morgan fingerprint density at radius 2 is 2.12 bits per heavy atom. The summed E-state index contributed by atoms with van der Waals surface area (Å²) in [6, 6.07) is 2.86. The molecule has 1 unspecified atom stereocenters. The number of rotatable bonds is 4. The minimum Gasteiger partial charge on any atom is -0.476 e. The topological polar surface area (TPSA) is 35.5 Å². The number of hydrogen-bond acceptors (Lipinski definition) is 3. The quantitative estimate of drug-likeness (QED) is 0.744. The molecule has 0 aliphatic rings. The van der Waals surface area contributed by atoms with Crippen LogP contribution < -0.4 is 4.74 Å². The summed E-state index contributed by atoms with van der Waals surface area (Å²) < 4.78 is 35.4. The Morgan fingerprint density at radius 3 is 2.69 bits per heavy atom. The van der Waals surface area contributed by atoms with Crippen LogP contribution in [0.5, 0.6) is 5.75 Å². The molecule has 0 heterocycles. The molecule has 1 aromatic rings. The molecule has 0 fully saturated rings. The highest BCUT2D eigenvalue weighted by atomic mass is 19.1. The van der Waals surface area contributed by atoms with Gasteiger partial charge in [-0.1, -0.05) is 0 Å². The zero-order valence-electron chi connectivity index (χ0n) is 9.00. The SMILES string of the molecule is CCOC(=O)C(C)Oc1ccc(F)cc1F. The molecule has 1 rings (SSSR count). The third-order valence-electron chi connectivity index (χ3n) is 1.82. The summed E-state index contributed by atoms with van der Waals surface area (Å²) in [5.41, 5.74) is 0. The number of benzene rings is 1. The lowest BCUT2D eigenvalue weighted by molar-refractivity contribution is -0.150. The Balaban J connectivity index is 2.69. The standard InChI is InChI=1S/C11H12F2O3/c1-3-15-11(14)7(2)16-10-5-4-8(12)6-9(10)13/h4-7H,3H2,1-2H3. The van der Waals surface area contributed by atoms with Crippen LogP contribution in [-0.4, -0.2) is 18.7 Å². The van der Waals surface area contributed by atoms with E-state index in [1.54, 1.807) is 6.92 Å². The molecule has 0 spiro atoms. The van der Waals surface area contributed by atoms with Gasteiger partial charge in [0.25, 0.3) is 0 Å². The second-order valence-corrected chi connectivity index (χ2v) is 3.09. The van der Waals surface area contributed by atoms with Crippen LogP contribution in [0.15, 0.2) is 18.2 Å². The third kappa shape index (κ3) is 3.18. The molecule has 1 atom stereocenters. The van der Waals surface area contributed by atoms with Gasteiger partial charge in [0.15, 0.2) is 17.7 Å². The van der Waals surface area contributed by atoms with E-state index in [0.717, 1.165) is 12.1 Å². The van der Waals surface area contributed by atoms with Crippen molar-refractivity contribution in [1.82, 2.24) is 0 Å². The summed E-state index contributed by atoms with van der Waals surface area (Å²) in [6.07, 6.45) is -0.931. The van der Waals surface area contributed by atoms with Crippen molar-refractivity contribution in [1.29, 1.82) is 0 Å². The van der Waals surface area contributed by atoms with Gasteiger partial charge >= 0.3 is 5.97 Å². The Morgan fingerprint density at radius 1 is 1.44 bits per heavy atom. The number of hydrogen-bond donors (Lipinski definition) is 0. The van der Waals surface area contributed by atoms with E-state index in [0.29, 0.717) is 6.07 Å². The Kier molecular flexibility index (Phi) is 4.22. The van der Waals surface area contributed by atoms with Gasteiger partial charge in [0.1, 0.15) is 5.82 Å². The van der Waals surface area contributed by atoms with Gasteiger partial charge in [-0.3, -0.25) is 0 Å². The van der Waals surface area contributed by atoms with Crippen LogP contribution >= 0.6 is 0 Å². The fourth-order valence-corrected chi connectivity index (χ4v) is 1.07. The first kappa shape index (κ1) is 12.4. The molecule has 0 bridgehead atoms. The van der Waals surface area contributed by atoms with E-state index in [9.17, 15) is 13.6 Å². The lowest BCUT2D eigenvalue weighted by Gasteiger charge is -2.13. The first-order valence-corrected chi connectivity index (χ1v) is 4.83. The Hall–Kier alpha value is -1.65. The second-order valence-electron chi connectivity index (χ2n) is 3.09. The molecule has 0 saturated carbocycles. The van der Waals surface area contributed by atoms with Crippen molar-refractivity contribution >= 4 is 5.97 Å². The number of ether oxygens (including phenoxy) is 2. The zero-order chi connectivity index (χ0) is 12.1. The predicted molar refractivity (Wildman–Crippen MR) is 53.1 cm³/mol. The summed E-state index contributed by atoms with van der Waals surface area (Å²) in [5.74, 6) is -2.32. The highest BCUT2D eigenvalue weighted by Crippen LogP contribution is 2.19. The summed E-state index contributed by atoms with van der Waals surface area (Å²) in [7, 11) is 0. The minimum atomic E-state index is -0.931. The fourth-order valence-electron chi connectivity index (χ4n) is 1.07. The monoisotopic (exact) mass is 230 g/mol. The molecule has 0 saturated heterocycles. The van der Waals surface area contributed by atoms with E-state index >= 15 is 0 Å². The van der Waals surface area contributed by atoms with Crippen LogP contribution in [0.4, 0.5) is 8.78 Å². The summed E-state index contributed by atoms with van der Waals surface area (Å²) in [4.78, 5) is 11.2. The van der Waals surface area contributed by atoms with E-state index < -0.39 is 23.7 Å². The van der Waals surface area contributed by atoms with Crippen molar-refractivity contribution in [2.75, 3.05) is 6.61 Å². The largest absolute Gasteiger partial charge is 0.476 e. The van der Waals surface area contributed by atoms with Crippen LogP contribution in [0.25, 0.3) is 0 Å². The molecule has 0 radical (unpaired) electrons. The maximum Gasteiger partial charge on any atom is 0.347 e. The molecule has 0 amide bonds. The van der Waals surface area contributed by atoms with Crippen molar-refractivity contribution in [3.63, 3.8) is 0 Å². The summed E-state index contributed by atoms with van der Waals surface area (Å²) in [5, 5.41) is 0. The van der Waals surface area contributed by atoms with E-state index in [1.807, 2.05) is 0 Å². The number of carbonyl (C=O) groups is 1. The molecule has 3 nitrogen and oxygen atoms in total. The van der Waals surface area contributed by atoms with Gasteiger partial charge in [0, 0.05) is 6.07 Å². The van der Waals surface area contributed by atoms with Crippen molar-refractivity contribution in [3.8, 4) is 5.75 Å². The maximum atomic E-state index is 13.1. The number of carbonyl (C=O) groups excluding carboxylic acids is 1. The van der Waals surface area contributed by atoms with E-state index in [4.69, 9.17) is 4.74 Å². The molecule has 1 aromatic carbocycles. The molecule has 5 heteroatoms. The lowest BCUT2D eigenvalue weighted by atomic mass is 10.3. The molecule has 0 aliphatic carbocycles. The Bertz CT molecular complexity index is 379. The molecule has 88 valence electrons. The molecule has 0 aromatic heterocycles. The van der Waals surface area contributed by atoms with Crippen LogP contribution in [-0.2, 0) is 9.53 Å². The second kappa shape index (κ2) is 5.44. The maximum absolute atomic E-state index is 13.1.